The second kappa shape index (κ2) is 8.39. The lowest BCUT2D eigenvalue weighted by Gasteiger charge is -2.17. The van der Waals surface area contributed by atoms with E-state index in [-0.39, 0.29) is 12.1 Å². The highest BCUT2D eigenvalue weighted by Gasteiger charge is 2.20. The molecule has 23 heavy (non-hydrogen) atoms. The number of nitrogens with one attached hydrogen (secondary N) is 1. The molecule has 2 rings (SSSR count). The van der Waals surface area contributed by atoms with Gasteiger partial charge in [-0.15, -0.1) is 0 Å². The van der Waals surface area contributed by atoms with Gasteiger partial charge < -0.3 is 10.4 Å². The number of carboxylic acid groups (broad SMARTS) is 1. The third kappa shape index (κ3) is 5.00. The van der Waals surface area contributed by atoms with E-state index in [1.165, 1.54) is 17.8 Å². The highest BCUT2D eigenvalue weighted by atomic mass is 32.2. The molecule has 0 aromatic carbocycles. The van der Waals surface area contributed by atoms with E-state index in [1.807, 2.05) is 6.26 Å². The molecule has 1 aromatic heterocycles. The van der Waals surface area contributed by atoms with E-state index in [1.54, 1.807) is 11.8 Å². The molecule has 2 N–H and O–H groups in total. The number of aryl methyl sites for hydroxylation is 1. The predicted octanol–water partition coefficient (Wildman–Crippen LogP) is 0.355. The summed E-state index contributed by atoms with van der Waals surface area (Å²) in [6, 6.07) is 0.573. The molecule has 0 unspecified atom stereocenters. The fraction of sp³-hybridized carbons (Fsp3) is 0.571. The molecule has 0 saturated heterocycles. The molecular formula is C14H19N3O4S2. The number of hydrogen-bond acceptors (Lipinski definition) is 6. The van der Waals surface area contributed by atoms with E-state index in [9.17, 15) is 14.4 Å². The minimum atomic E-state index is -1.07. The van der Waals surface area contributed by atoms with E-state index >= 15 is 0 Å². The number of rotatable bonds is 7. The predicted molar refractivity (Wildman–Crippen MR) is 90.9 cm³/mol. The Balaban J connectivity index is 2.04. The molecule has 9 heteroatoms. The Hall–Kier alpha value is -1.48. The summed E-state index contributed by atoms with van der Waals surface area (Å²) >= 11 is 3.26. The SMILES string of the molecule is CSCC[C@@H](NC(=O)Cn1nc2c(cc1=O)CSCC2)C(=O)O. The van der Waals surface area contributed by atoms with Crippen LogP contribution in [0.2, 0.25) is 0 Å². The average Bonchev–Trinajstić information content (AvgIpc) is 2.51. The first-order chi connectivity index (χ1) is 11.0. The zero-order valence-electron chi connectivity index (χ0n) is 12.8. The van der Waals surface area contributed by atoms with Crippen LogP contribution in [-0.2, 0) is 28.3 Å². The van der Waals surface area contributed by atoms with Gasteiger partial charge in [0.2, 0.25) is 5.91 Å². The third-order valence-corrected chi connectivity index (χ3v) is 5.09. The number of carboxylic acids is 1. The lowest BCUT2D eigenvalue weighted by atomic mass is 10.2. The first-order valence-corrected chi connectivity index (χ1v) is 9.75. The van der Waals surface area contributed by atoms with Gasteiger partial charge in [-0.3, -0.25) is 9.59 Å². The molecule has 1 aromatic rings. The van der Waals surface area contributed by atoms with Crippen molar-refractivity contribution >= 4 is 35.4 Å². The number of carbonyl (C=O) groups is 2. The standard InChI is InChI=1S/C14H19N3O4S2/c1-22-4-2-11(14(20)21)15-12(18)7-17-13(19)6-9-8-23-5-3-10(9)16-17/h6,11H,2-5,7-8H2,1H3,(H,15,18)(H,20,21)/t11-/m1/s1. The van der Waals surface area contributed by atoms with Crippen LogP contribution in [-0.4, -0.2) is 50.6 Å². The van der Waals surface area contributed by atoms with Crippen LogP contribution in [0.1, 0.15) is 17.7 Å². The van der Waals surface area contributed by atoms with Crippen LogP contribution in [0.5, 0.6) is 0 Å². The summed E-state index contributed by atoms with van der Waals surface area (Å²) in [6.45, 7) is -0.262. The molecule has 1 amide bonds. The second-order valence-corrected chi connectivity index (χ2v) is 7.25. The van der Waals surface area contributed by atoms with Crippen molar-refractivity contribution in [2.45, 2.75) is 31.2 Å². The van der Waals surface area contributed by atoms with Gasteiger partial charge >= 0.3 is 5.97 Å². The summed E-state index contributed by atoms with van der Waals surface area (Å²) in [4.78, 5) is 35.2. The molecule has 0 aliphatic carbocycles. The van der Waals surface area contributed by atoms with Gasteiger partial charge in [0.1, 0.15) is 12.6 Å². The molecule has 1 aliphatic heterocycles. The quantitative estimate of drug-likeness (QED) is 0.726. The number of nitrogens with zero attached hydrogens (tertiary/aromatic N) is 2. The van der Waals surface area contributed by atoms with Gasteiger partial charge in [0.25, 0.3) is 5.56 Å². The van der Waals surface area contributed by atoms with Crippen LogP contribution in [0.4, 0.5) is 0 Å². The Morgan fingerprint density at radius 3 is 3.04 bits per heavy atom. The third-order valence-electron chi connectivity index (χ3n) is 3.44. The fourth-order valence-corrected chi connectivity index (χ4v) is 3.66. The monoisotopic (exact) mass is 357 g/mol. The molecule has 1 atom stereocenters. The van der Waals surface area contributed by atoms with Gasteiger partial charge in [-0.05, 0) is 29.7 Å². The second-order valence-electron chi connectivity index (χ2n) is 5.15. The van der Waals surface area contributed by atoms with Crippen molar-refractivity contribution in [1.29, 1.82) is 0 Å². The Labute approximate surface area is 142 Å². The van der Waals surface area contributed by atoms with Gasteiger partial charge in [-0.1, -0.05) is 0 Å². The van der Waals surface area contributed by atoms with Gasteiger partial charge in [-0.25, -0.2) is 9.48 Å². The lowest BCUT2D eigenvalue weighted by molar-refractivity contribution is -0.142. The molecule has 0 radical (unpaired) electrons. The van der Waals surface area contributed by atoms with E-state index in [0.717, 1.165) is 33.9 Å². The van der Waals surface area contributed by atoms with Crippen molar-refractivity contribution < 1.29 is 14.7 Å². The fourth-order valence-electron chi connectivity index (χ4n) is 2.23. The van der Waals surface area contributed by atoms with Crippen molar-refractivity contribution in [2.75, 3.05) is 17.8 Å². The van der Waals surface area contributed by atoms with Crippen LogP contribution < -0.4 is 10.9 Å². The van der Waals surface area contributed by atoms with Crippen LogP contribution >= 0.6 is 23.5 Å². The largest absolute Gasteiger partial charge is 0.480 e. The van der Waals surface area contributed by atoms with Gasteiger partial charge in [-0.2, -0.15) is 28.6 Å². The van der Waals surface area contributed by atoms with E-state index in [4.69, 9.17) is 5.11 Å². The van der Waals surface area contributed by atoms with Crippen LogP contribution in [0.3, 0.4) is 0 Å². The molecule has 0 fully saturated rings. The molecule has 126 valence electrons. The molecule has 0 saturated carbocycles. The maximum atomic E-state index is 12.0. The molecular weight excluding hydrogens is 338 g/mol. The highest BCUT2D eigenvalue weighted by molar-refractivity contribution is 7.98. The maximum absolute atomic E-state index is 12.0. The normalized spacial score (nSPS) is 14.8. The van der Waals surface area contributed by atoms with Gasteiger partial charge in [0, 0.05) is 18.2 Å². The van der Waals surface area contributed by atoms with Crippen molar-refractivity contribution in [2.24, 2.45) is 0 Å². The smallest absolute Gasteiger partial charge is 0.326 e. The van der Waals surface area contributed by atoms with Crippen molar-refractivity contribution in [1.82, 2.24) is 15.1 Å². The van der Waals surface area contributed by atoms with Crippen molar-refractivity contribution in [3.05, 3.63) is 27.7 Å². The molecule has 7 nitrogen and oxygen atoms in total. The summed E-state index contributed by atoms with van der Waals surface area (Å²) in [7, 11) is 0. The average molecular weight is 357 g/mol. The van der Waals surface area contributed by atoms with Crippen molar-refractivity contribution in [3.63, 3.8) is 0 Å². The van der Waals surface area contributed by atoms with Gasteiger partial charge in [0.05, 0.1) is 5.69 Å². The highest BCUT2D eigenvalue weighted by Crippen LogP contribution is 2.21. The summed E-state index contributed by atoms with van der Waals surface area (Å²) in [5.74, 6) is 0.750. The molecule has 0 bridgehead atoms. The zero-order chi connectivity index (χ0) is 16.8. The number of hydrogen-bond donors (Lipinski definition) is 2. The molecule has 2 heterocycles. The van der Waals surface area contributed by atoms with Gasteiger partial charge in [0.15, 0.2) is 0 Å². The lowest BCUT2D eigenvalue weighted by Crippen LogP contribution is -2.44. The zero-order valence-corrected chi connectivity index (χ0v) is 14.4. The van der Waals surface area contributed by atoms with Crippen molar-refractivity contribution in [3.8, 4) is 0 Å². The minimum absolute atomic E-state index is 0.262. The molecule has 0 spiro atoms. The number of amides is 1. The Morgan fingerprint density at radius 2 is 2.35 bits per heavy atom. The summed E-state index contributed by atoms with van der Waals surface area (Å²) in [5, 5.41) is 15.8. The van der Waals surface area contributed by atoms with Crippen LogP contribution in [0.25, 0.3) is 0 Å². The van der Waals surface area contributed by atoms with E-state index in [2.05, 4.69) is 10.4 Å². The Bertz CT molecular complexity index is 647. The minimum Gasteiger partial charge on any atom is -0.480 e. The Morgan fingerprint density at radius 1 is 1.57 bits per heavy atom. The number of aliphatic carboxylic acids is 1. The summed E-state index contributed by atoms with van der Waals surface area (Å²) < 4.78 is 1.11. The number of aromatic nitrogens is 2. The van der Waals surface area contributed by atoms with Crippen LogP contribution in [0.15, 0.2) is 10.9 Å². The van der Waals surface area contributed by atoms with E-state index < -0.39 is 17.9 Å². The number of fused-ring (bicyclic) bond motifs is 1. The topological polar surface area (TPSA) is 101 Å². The number of thioether (sulfide) groups is 2. The van der Waals surface area contributed by atoms with E-state index in [0.29, 0.717) is 12.2 Å². The van der Waals surface area contributed by atoms with Crippen LogP contribution in [0, 0.1) is 0 Å². The first kappa shape index (κ1) is 17.9. The summed E-state index contributed by atoms with van der Waals surface area (Å²) in [5.41, 5.74) is 1.43. The summed E-state index contributed by atoms with van der Waals surface area (Å²) in [6.07, 6.45) is 2.98. The number of carbonyl (C=O) groups excluding carboxylic acids is 1. The molecule has 1 aliphatic rings. The Kier molecular flexibility index (Phi) is 6.52. The maximum Gasteiger partial charge on any atom is 0.326 e. The first-order valence-electron chi connectivity index (χ1n) is 7.20.